The lowest BCUT2D eigenvalue weighted by atomic mass is 10.0. The van der Waals surface area contributed by atoms with E-state index in [0.29, 0.717) is 10.8 Å². The Kier molecular flexibility index (Phi) is 7.47. The molecule has 2 aromatic rings. The van der Waals surface area contributed by atoms with E-state index < -0.39 is 5.97 Å². The maximum absolute atomic E-state index is 12.5. The van der Waals surface area contributed by atoms with Gasteiger partial charge in [0.25, 0.3) is 0 Å². The number of nitriles is 1. The van der Waals surface area contributed by atoms with Gasteiger partial charge < -0.3 is 4.74 Å². The zero-order valence-corrected chi connectivity index (χ0v) is 17.3. The Labute approximate surface area is 169 Å². The number of amides is 1. The summed E-state index contributed by atoms with van der Waals surface area (Å²) in [5.74, 6) is -0.834. The topological polar surface area (TPSA) is 83.3 Å². The SMILES string of the molecule is CCOC(=O)/C(C#N)=C/c1csc(N(C(C)=O)c2c(CC)cccc2CC)n1. The van der Waals surface area contributed by atoms with Crippen molar-refractivity contribution in [2.24, 2.45) is 0 Å². The van der Waals surface area contributed by atoms with Crippen LogP contribution in [0.4, 0.5) is 10.8 Å². The summed E-state index contributed by atoms with van der Waals surface area (Å²) in [6.45, 7) is 7.46. The van der Waals surface area contributed by atoms with Crippen LogP contribution in [0.25, 0.3) is 6.08 Å². The van der Waals surface area contributed by atoms with Crippen LogP contribution in [-0.2, 0) is 27.2 Å². The fraction of sp³-hybridized carbons (Fsp3) is 0.333. The van der Waals surface area contributed by atoms with Crippen molar-refractivity contribution in [1.82, 2.24) is 4.98 Å². The van der Waals surface area contributed by atoms with E-state index in [4.69, 9.17) is 4.74 Å². The third-order valence-corrected chi connectivity index (χ3v) is 4.96. The van der Waals surface area contributed by atoms with Gasteiger partial charge in [0.1, 0.15) is 11.6 Å². The van der Waals surface area contributed by atoms with Gasteiger partial charge in [-0.1, -0.05) is 32.0 Å². The van der Waals surface area contributed by atoms with Gasteiger partial charge in [0.2, 0.25) is 5.91 Å². The summed E-state index contributed by atoms with van der Waals surface area (Å²) in [6, 6.07) is 7.84. The van der Waals surface area contributed by atoms with Crippen molar-refractivity contribution in [3.05, 3.63) is 46.0 Å². The minimum atomic E-state index is -0.687. The predicted molar refractivity (Wildman–Crippen MR) is 110 cm³/mol. The summed E-state index contributed by atoms with van der Waals surface area (Å²) in [7, 11) is 0. The van der Waals surface area contributed by atoms with Crippen LogP contribution < -0.4 is 4.90 Å². The highest BCUT2D eigenvalue weighted by Gasteiger charge is 2.23. The third-order valence-electron chi connectivity index (χ3n) is 4.11. The molecule has 1 heterocycles. The van der Waals surface area contributed by atoms with Gasteiger partial charge in [0, 0.05) is 12.3 Å². The van der Waals surface area contributed by atoms with E-state index in [2.05, 4.69) is 4.98 Å². The van der Waals surface area contributed by atoms with Crippen molar-refractivity contribution in [3.8, 4) is 6.07 Å². The molecule has 1 aromatic carbocycles. The molecule has 0 saturated carbocycles. The molecule has 146 valence electrons. The largest absolute Gasteiger partial charge is 0.462 e. The number of para-hydroxylation sites is 1. The summed E-state index contributed by atoms with van der Waals surface area (Å²) in [6.07, 6.45) is 2.95. The number of nitrogens with zero attached hydrogens (tertiary/aromatic N) is 3. The number of esters is 1. The molecule has 0 bridgehead atoms. The first-order chi connectivity index (χ1) is 13.5. The van der Waals surface area contributed by atoms with Crippen LogP contribution in [0.3, 0.4) is 0 Å². The molecule has 0 radical (unpaired) electrons. The molecular weight excluding hydrogens is 374 g/mol. The van der Waals surface area contributed by atoms with Gasteiger partial charge in [0.05, 0.1) is 18.0 Å². The Morgan fingerprint density at radius 3 is 2.39 bits per heavy atom. The number of thiazole rings is 1. The number of aromatic nitrogens is 1. The molecule has 1 amide bonds. The summed E-state index contributed by atoms with van der Waals surface area (Å²) in [4.78, 5) is 30.4. The molecule has 28 heavy (non-hydrogen) atoms. The summed E-state index contributed by atoms with van der Waals surface area (Å²) in [5.41, 5.74) is 3.28. The summed E-state index contributed by atoms with van der Waals surface area (Å²) < 4.78 is 4.87. The number of ether oxygens (including phenoxy) is 1. The van der Waals surface area contributed by atoms with E-state index in [9.17, 15) is 14.9 Å². The Hall–Kier alpha value is -2.98. The lowest BCUT2D eigenvalue weighted by Gasteiger charge is -2.24. The smallest absolute Gasteiger partial charge is 0.348 e. The molecule has 0 atom stereocenters. The van der Waals surface area contributed by atoms with Crippen LogP contribution in [0.5, 0.6) is 0 Å². The lowest BCUT2D eigenvalue weighted by Crippen LogP contribution is -2.25. The maximum Gasteiger partial charge on any atom is 0.348 e. The van der Waals surface area contributed by atoms with E-state index in [-0.39, 0.29) is 18.1 Å². The normalized spacial score (nSPS) is 11.0. The Balaban J connectivity index is 2.51. The van der Waals surface area contributed by atoms with Gasteiger partial charge in [-0.15, -0.1) is 11.3 Å². The highest BCUT2D eigenvalue weighted by atomic mass is 32.1. The van der Waals surface area contributed by atoms with Crippen LogP contribution in [0.1, 0.15) is 44.5 Å². The van der Waals surface area contributed by atoms with E-state index in [1.165, 1.54) is 24.3 Å². The van der Waals surface area contributed by atoms with Crippen molar-refractivity contribution in [2.45, 2.75) is 40.5 Å². The average Bonchev–Trinajstić information content (AvgIpc) is 3.14. The first-order valence-corrected chi connectivity index (χ1v) is 10.0. The minimum absolute atomic E-state index is 0.128. The molecule has 0 N–H and O–H groups in total. The fourth-order valence-corrected chi connectivity index (χ4v) is 3.66. The number of benzene rings is 1. The Bertz CT molecular complexity index is 918. The molecule has 0 spiro atoms. The van der Waals surface area contributed by atoms with E-state index in [0.717, 1.165) is 29.7 Å². The molecule has 7 heteroatoms. The van der Waals surface area contributed by atoms with Crippen molar-refractivity contribution in [1.29, 1.82) is 5.26 Å². The molecule has 6 nitrogen and oxygen atoms in total. The molecule has 1 aromatic heterocycles. The molecule has 0 saturated heterocycles. The number of hydrogen-bond donors (Lipinski definition) is 0. The number of carbonyl (C=O) groups excluding carboxylic acids is 2. The Morgan fingerprint density at radius 1 is 1.25 bits per heavy atom. The van der Waals surface area contributed by atoms with E-state index in [1.54, 1.807) is 17.2 Å². The van der Waals surface area contributed by atoms with Crippen molar-refractivity contribution < 1.29 is 14.3 Å². The van der Waals surface area contributed by atoms with Gasteiger partial charge in [0.15, 0.2) is 5.13 Å². The van der Waals surface area contributed by atoms with Crippen LogP contribution in [-0.4, -0.2) is 23.5 Å². The maximum atomic E-state index is 12.5. The molecular formula is C21H23N3O3S. The second-order valence-electron chi connectivity index (χ2n) is 5.93. The quantitative estimate of drug-likeness (QED) is 0.392. The highest BCUT2D eigenvalue weighted by Crippen LogP contribution is 2.35. The van der Waals surface area contributed by atoms with Gasteiger partial charge in [-0.3, -0.25) is 9.69 Å². The molecule has 2 rings (SSSR count). The molecule has 0 aliphatic rings. The van der Waals surface area contributed by atoms with Crippen LogP contribution in [0.2, 0.25) is 0 Å². The van der Waals surface area contributed by atoms with Crippen molar-refractivity contribution >= 4 is 40.1 Å². The monoisotopic (exact) mass is 397 g/mol. The second-order valence-corrected chi connectivity index (χ2v) is 6.77. The van der Waals surface area contributed by atoms with Crippen LogP contribution in [0, 0.1) is 11.3 Å². The Morgan fingerprint density at radius 2 is 1.89 bits per heavy atom. The lowest BCUT2D eigenvalue weighted by molar-refractivity contribution is -0.137. The van der Waals surface area contributed by atoms with E-state index in [1.807, 2.05) is 38.1 Å². The molecule has 0 aliphatic carbocycles. The molecule has 0 aliphatic heterocycles. The minimum Gasteiger partial charge on any atom is -0.462 e. The summed E-state index contributed by atoms with van der Waals surface area (Å²) >= 11 is 1.28. The zero-order valence-electron chi connectivity index (χ0n) is 16.5. The van der Waals surface area contributed by atoms with Gasteiger partial charge in [-0.25, -0.2) is 9.78 Å². The number of aryl methyl sites for hydroxylation is 2. The number of rotatable bonds is 7. The first kappa shape index (κ1) is 21.3. The summed E-state index contributed by atoms with van der Waals surface area (Å²) in [5, 5.41) is 11.4. The van der Waals surface area contributed by atoms with Crippen molar-refractivity contribution in [2.75, 3.05) is 11.5 Å². The van der Waals surface area contributed by atoms with Gasteiger partial charge in [-0.2, -0.15) is 5.26 Å². The zero-order chi connectivity index (χ0) is 20.7. The number of carbonyl (C=O) groups is 2. The standard InChI is InChI=1S/C21H23N3O3S/c1-5-15-9-8-10-16(6-2)19(15)24(14(4)25)21-23-18(13-28-21)11-17(12-22)20(26)27-7-3/h8-11,13H,5-7H2,1-4H3/b17-11+. The van der Waals surface area contributed by atoms with Crippen LogP contribution in [0.15, 0.2) is 29.2 Å². The van der Waals surface area contributed by atoms with Gasteiger partial charge >= 0.3 is 5.97 Å². The van der Waals surface area contributed by atoms with E-state index >= 15 is 0 Å². The van der Waals surface area contributed by atoms with Crippen molar-refractivity contribution in [3.63, 3.8) is 0 Å². The highest BCUT2D eigenvalue weighted by molar-refractivity contribution is 7.14. The van der Waals surface area contributed by atoms with Crippen LogP contribution >= 0.6 is 11.3 Å². The number of anilines is 2. The molecule has 0 fully saturated rings. The van der Waals surface area contributed by atoms with Gasteiger partial charge in [-0.05, 0) is 37.0 Å². The predicted octanol–water partition coefficient (Wildman–Crippen LogP) is 4.42. The fourth-order valence-electron chi connectivity index (χ4n) is 2.83. The molecule has 0 unspecified atom stereocenters. The average molecular weight is 398 g/mol. The second kappa shape index (κ2) is 9.81. The first-order valence-electron chi connectivity index (χ1n) is 9.12. The third kappa shape index (κ3) is 4.65. The number of hydrogen-bond acceptors (Lipinski definition) is 6.